The van der Waals surface area contributed by atoms with E-state index in [1.54, 1.807) is 37.6 Å². The minimum absolute atomic E-state index is 0.201. The summed E-state index contributed by atoms with van der Waals surface area (Å²) < 4.78 is 20.8. The lowest BCUT2D eigenvalue weighted by Crippen LogP contribution is -2.06. The second kappa shape index (κ2) is 9.39. The molecule has 0 atom stereocenters. The van der Waals surface area contributed by atoms with E-state index in [-0.39, 0.29) is 5.78 Å². The van der Waals surface area contributed by atoms with E-state index in [1.807, 2.05) is 0 Å². The van der Waals surface area contributed by atoms with Gasteiger partial charge in [0.25, 0.3) is 0 Å². The van der Waals surface area contributed by atoms with Crippen LogP contribution in [0.1, 0.15) is 16.2 Å². The zero-order valence-corrected chi connectivity index (χ0v) is 14.4. The molecule has 0 saturated carbocycles. The largest absolute Gasteiger partial charge is 0.493 e. The molecular formula is C18H20N2O5. The summed E-state index contributed by atoms with van der Waals surface area (Å²) in [6, 6.07) is 6.62. The van der Waals surface area contributed by atoms with Crippen LogP contribution < -0.4 is 14.2 Å². The topological polar surface area (TPSA) is 79.8 Å². The summed E-state index contributed by atoms with van der Waals surface area (Å²) in [6.45, 7) is 0.861. The molecule has 2 aromatic rings. The van der Waals surface area contributed by atoms with Crippen molar-refractivity contribution in [3.05, 3.63) is 47.9 Å². The second-order valence-electron chi connectivity index (χ2n) is 4.86. The van der Waals surface area contributed by atoms with Gasteiger partial charge >= 0.3 is 0 Å². The van der Waals surface area contributed by atoms with Gasteiger partial charge < -0.3 is 18.9 Å². The first-order chi connectivity index (χ1) is 12.2. The van der Waals surface area contributed by atoms with Crippen molar-refractivity contribution in [1.29, 1.82) is 0 Å². The molecule has 1 heterocycles. The Morgan fingerprint density at radius 3 is 2.64 bits per heavy atom. The molecule has 0 aliphatic carbocycles. The first-order valence-corrected chi connectivity index (χ1v) is 7.57. The molecule has 132 valence electrons. The van der Waals surface area contributed by atoms with Gasteiger partial charge in [-0.3, -0.25) is 4.79 Å². The molecule has 0 aliphatic heterocycles. The number of ether oxygens (including phenoxy) is 4. The number of allylic oxidation sites excluding steroid dienone is 1. The Labute approximate surface area is 146 Å². The lowest BCUT2D eigenvalue weighted by atomic mass is 10.1. The third kappa shape index (κ3) is 5.29. The van der Waals surface area contributed by atoms with E-state index >= 15 is 0 Å². The lowest BCUT2D eigenvalue weighted by molar-refractivity contribution is 0.104. The van der Waals surface area contributed by atoms with Crippen molar-refractivity contribution in [1.82, 2.24) is 9.97 Å². The van der Waals surface area contributed by atoms with Crippen LogP contribution in [-0.4, -0.2) is 50.3 Å². The fraction of sp³-hybridized carbons (Fsp3) is 0.278. The number of hydrogen-bond donors (Lipinski definition) is 0. The molecule has 1 aromatic carbocycles. The molecule has 0 spiro atoms. The van der Waals surface area contributed by atoms with E-state index in [2.05, 4.69) is 9.97 Å². The zero-order valence-electron chi connectivity index (χ0n) is 14.4. The van der Waals surface area contributed by atoms with Crippen molar-refractivity contribution >= 4 is 11.9 Å². The Morgan fingerprint density at radius 2 is 1.92 bits per heavy atom. The molecule has 0 radical (unpaired) electrons. The molecule has 7 nitrogen and oxygen atoms in total. The molecule has 0 N–H and O–H groups in total. The lowest BCUT2D eigenvalue weighted by Gasteiger charge is -2.11. The standard InChI is InChI=1S/C18H20N2O5/c1-22-10-11-25-15-6-4-13(12-16(15)23-2)14(21)5-7-17-19-9-8-18(20-17)24-3/h4-9,12H,10-11H2,1-3H3. The third-order valence-electron chi connectivity index (χ3n) is 3.23. The maximum absolute atomic E-state index is 12.3. The number of rotatable bonds is 9. The molecule has 0 saturated heterocycles. The van der Waals surface area contributed by atoms with Crippen molar-refractivity contribution in [2.45, 2.75) is 0 Å². The highest BCUT2D eigenvalue weighted by atomic mass is 16.5. The fourth-order valence-corrected chi connectivity index (χ4v) is 1.97. The highest BCUT2D eigenvalue weighted by Gasteiger charge is 2.09. The number of methoxy groups -OCH3 is 3. The minimum atomic E-state index is -0.201. The number of ketones is 1. The Morgan fingerprint density at radius 1 is 1.08 bits per heavy atom. The van der Waals surface area contributed by atoms with Crippen LogP contribution in [0.3, 0.4) is 0 Å². The first kappa shape index (κ1) is 18.4. The van der Waals surface area contributed by atoms with Gasteiger partial charge in [-0.1, -0.05) is 0 Å². The van der Waals surface area contributed by atoms with Gasteiger partial charge in [0.1, 0.15) is 6.61 Å². The van der Waals surface area contributed by atoms with E-state index in [1.165, 1.54) is 26.4 Å². The average molecular weight is 344 g/mol. The number of aromatic nitrogens is 2. The number of benzene rings is 1. The molecule has 0 bridgehead atoms. The van der Waals surface area contributed by atoms with Crippen LogP contribution >= 0.6 is 0 Å². The van der Waals surface area contributed by atoms with Crippen LogP contribution in [0.25, 0.3) is 6.08 Å². The van der Waals surface area contributed by atoms with E-state index in [9.17, 15) is 4.79 Å². The summed E-state index contributed by atoms with van der Waals surface area (Å²) in [5, 5.41) is 0. The van der Waals surface area contributed by atoms with Gasteiger partial charge in [0.15, 0.2) is 23.1 Å². The van der Waals surface area contributed by atoms with Gasteiger partial charge in [0.2, 0.25) is 5.88 Å². The Kier molecular flexibility index (Phi) is 6.91. The highest BCUT2D eigenvalue weighted by Crippen LogP contribution is 2.28. The maximum atomic E-state index is 12.3. The second-order valence-corrected chi connectivity index (χ2v) is 4.86. The van der Waals surface area contributed by atoms with Crippen molar-refractivity contribution in [3.8, 4) is 17.4 Å². The van der Waals surface area contributed by atoms with E-state index < -0.39 is 0 Å². The van der Waals surface area contributed by atoms with Gasteiger partial charge in [-0.15, -0.1) is 0 Å². The van der Waals surface area contributed by atoms with Crippen LogP contribution in [-0.2, 0) is 4.74 Å². The molecule has 1 aromatic heterocycles. The quantitative estimate of drug-likeness (QED) is 0.392. The van der Waals surface area contributed by atoms with Gasteiger partial charge in [-0.05, 0) is 30.4 Å². The van der Waals surface area contributed by atoms with Gasteiger partial charge in [0.05, 0.1) is 20.8 Å². The number of hydrogen-bond acceptors (Lipinski definition) is 7. The van der Waals surface area contributed by atoms with Crippen LogP contribution in [0, 0.1) is 0 Å². The van der Waals surface area contributed by atoms with Crippen LogP contribution in [0.5, 0.6) is 17.4 Å². The van der Waals surface area contributed by atoms with Crippen LogP contribution in [0.2, 0.25) is 0 Å². The van der Waals surface area contributed by atoms with E-state index in [4.69, 9.17) is 18.9 Å². The summed E-state index contributed by atoms with van der Waals surface area (Å²) in [5.41, 5.74) is 0.468. The summed E-state index contributed by atoms with van der Waals surface area (Å²) >= 11 is 0. The monoisotopic (exact) mass is 344 g/mol. The van der Waals surface area contributed by atoms with Crippen molar-refractivity contribution in [2.24, 2.45) is 0 Å². The maximum Gasteiger partial charge on any atom is 0.216 e. The van der Waals surface area contributed by atoms with Crippen LogP contribution in [0.15, 0.2) is 36.5 Å². The summed E-state index contributed by atoms with van der Waals surface area (Å²) in [5.74, 6) is 1.65. The number of carbonyl (C=O) groups excluding carboxylic acids is 1. The smallest absolute Gasteiger partial charge is 0.216 e. The highest BCUT2D eigenvalue weighted by molar-refractivity contribution is 6.07. The third-order valence-corrected chi connectivity index (χ3v) is 3.23. The fourth-order valence-electron chi connectivity index (χ4n) is 1.97. The number of nitrogens with zero attached hydrogens (tertiary/aromatic N) is 2. The zero-order chi connectivity index (χ0) is 18.1. The average Bonchev–Trinajstić information content (AvgIpc) is 2.66. The Bertz CT molecular complexity index is 746. The van der Waals surface area contributed by atoms with Gasteiger partial charge in [-0.25, -0.2) is 4.98 Å². The normalized spacial score (nSPS) is 10.7. The molecule has 2 rings (SSSR count). The van der Waals surface area contributed by atoms with Crippen molar-refractivity contribution in [3.63, 3.8) is 0 Å². The Balaban J connectivity index is 2.11. The van der Waals surface area contributed by atoms with Gasteiger partial charge in [-0.2, -0.15) is 4.98 Å². The van der Waals surface area contributed by atoms with Crippen LogP contribution in [0.4, 0.5) is 0 Å². The molecule has 25 heavy (non-hydrogen) atoms. The SMILES string of the molecule is COCCOc1ccc(C(=O)C=Cc2nccc(OC)n2)cc1OC. The molecule has 7 heteroatoms. The van der Waals surface area contributed by atoms with E-state index in [0.29, 0.717) is 42.0 Å². The molecular weight excluding hydrogens is 324 g/mol. The molecule has 0 amide bonds. The van der Waals surface area contributed by atoms with E-state index in [0.717, 1.165) is 0 Å². The van der Waals surface area contributed by atoms with Crippen molar-refractivity contribution in [2.75, 3.05) is 34.5 Å². The first-order valence-electron chi connectivity index (χ1n) is 7.57. The predicted molar refractivity (Wildman–Crippen MR) is 92.3 cm³/mol. The molecule has 0 aliphatic rings. The summed E-state index contributed by atoms with van der Waals surface area (Å²) in [7, 11) is 4.64. The minimum Gasteiger partial charge on any atom is -0.493 e. The van der Waals surface area contributed by atoms with Gasteiger partial charge in [0, 0.05) is 24.9 Å². The predicted octanol–water partition coefficient (Wildman–Crippen LogP) is 2.42. The van der Waals surface area contributed by atoms with Crippen molar-refractivity contribution < 1.29 is 23.7 Å². The Hall–Kier alpha value is -2.93. The molecule has 0 unspecified atom stereocenters. The summed E-state index contributed by atoms with van der Waals surface area (Å²) in [6.07, 6.45) is 4.49. The summed E-state index contributed by atoms with van der Waals surface area (Å²) in [4.78, 5) is 20.5. The number of carbonyl (C=O) groups is 1. The molecule has 0 fully saturated rings.